The Morgan fingerprint density at radius 1 is 1.33 bits per heavy atom. The number of rotatable bonds is 3. The predicted octanol–water partition coefficient (Wildman–Crippen LogP) is 1.40. The van der Waals surface area contributed by atoms with Gasteiger partial charge >= 0.3 is 6.03 Å². The second-order valence-corrected chi connectivity index (χ2v) is 5.70. The van der Waals surface area contributed by atoms with Crippen LogP contribution in [-0.4, -0.2) is 29.3 Å². The maximum atomic E-state index is 12.1. The summed E-state index contributed by atoms with van der Waals surface area (Å²) in [5.74, 6) is -0.974. The van der Waals surface area contributed by atoms with E-state index in [1.165, 1.54) is 13.8 Å². The smallest absolute Gasteiger partial charge is 0.277 e. The van der Waals surface area contributed by atoms with Crippen LogP contribution >= 0.6 is 11.3 Å². The second-order valence-electron chi connectivity index (χ2n) is 4.67. The molecule has 0 unspecified atom stereocenters. The van der Waals surface area contributed by atoms with Crippen LogP contribution in [0.2, 0.25) is 0 Å². The third kappa shape index (κ3) is 2.15. The van der Waals surface area contributed by atoms with Crippen LogP contribution in [0, 0.1) is 5.41 Å². The fraction of sp³-hybridized carbons (Fsp3) is 0.417. The zero-order valence-corrected chi connectivity index (χ0v) is 11.0. The van der Waals surface area contributed by atoms with E-state index in [1.54, 1.807) is 11.3 Å². The Kier molecular flexibility index (Phi) is 3.21. The van der Waals surface area contributed by atoms with E-state index in [1.807, 2.05) is 17.5 Å². The number of nitrogens with zero attached hydrogens (tertiary/aromatic N) is 1. The maximum absolute atomic E-state index is 12.1. The van der Waals surface area contributed by atoms with Crippen LogP contribution in [0.1, 0.15) is 18.7 Å². The van der Waals surface area contributed by atoms with E-state index >= 15 is 0 Å². The minimum absolute atomic E-state index is 0.294. The molecule has 0 aliphatic carbocycles. The van der Waals surface area contributed by atoms with Gasteiger partial charge in [0.2, 0.25) is 11.8 Å². The molecule has 0 atom stereocenters. The summed E-state index contributed by atoms with van der Waals surface area (Å²) >= 11 is 1.58. The lowest BCUT2D eigenvalue weighted by Crippen LogP contribution is -2.62. The predicted molar refractivity (Wildman–Crippen MR) is 67.1 cm³/mol. The van der Waals surface area contributed by atoms with Crippen LogP contribution in [0.25, 0.3) is 0 Å². The van der Waals surface area contributed by atoms with E-state index in [9.17, 15) is 14.4 Å². The van der Waals surface area contributed by atoms with Crippen molar-refractivity contribution in [2.45, 2.75) is 20.3 Å². The molecule has 1 aromatic rings. The Morgan fingerprint density at radius 3 is 2.67 bits per heavy atom. The van der Waals surface area contributed by atoms with Crippen LogP contribution in [0.5, 0.6) is 0 Å². The highest BCUT2D eigenvalue weighted by Gasteiger charge is 2.46. The molecule has 0 radical (unpaired) electrons. The summed E-state index contributed by atoms with van der Waals surface area (Å²) in [5, 5.41) is 4.16. The lowest BCUT2D eigenvalue weighted by molar-refractivity contribution is -0.148. The summed E-state index contributed by atoms with van der Waals surface area (Å²) in [6, 6.07) is 3.25. The lowest BCUT2D eigenvalue weighted by atomic mass is 9.89. The van der Waals surface area contributed by atoms with Gasteiger partial charge in [-0.3, -0.25) is 19.8 Å². The van der Waals surface area contributed by atoms with Crippen LogP contribution in [0.4, 0.5) is 4.79 Å². The number of carbonyl (C=O) groups excluding carboxylic acids is 3. The van der Waals surface area contributed by atoms with E-state index in [0.29, 0.717) is 13.0 Å². The van der Waals surface area contributed by atoms with Crippen LogP contribution in [-0.2, 0) is 16.0 Å². The van der Waals surface area contributed by atoms with E-state index in [4.69, 9.17) is 0 Å². The average molecular weight is 266 g/mol. The molecule has 0 saturated carbocycles. The number of thiophene rings is 1. The standard InChI is InChI=1S/C12H14N2O3S/c1-12(2)9(15)13-11(17)14(10(12)16)6-5-8-4-3-7-18-8/h3-4,7H,5-6H2,1-2H3,(H,13,15,17). The normalized spacial score (nSPS) is 19.0. The van der Waals surface area contributed by atoms with Crippen LogP contribution in [0.3, 0.4) is 0 Å². The molecule has 4 amide bonds. The molecule has 1 saturated heterocycles. The van der Waals surface area contributed by atoms with Crippen molar-refractivity contribution in [3.05, 3.63) is 22.4 Å². The molecule has 2 rings (SSSR count). The molecule has 1 aromatic heterocycles. The van der Waals surface area contributed by atoms with Crippen molar-refractivity contribution >= 4 is 29.2 Å². The molecule has 1 N–H and O–H groups in total. The Morgan fingerprint density at radius 2 is 2.06 bits per heavy atom. The quantitative estimate of drug-likeness (QED) is 0.841. The van der Waals surface area contributed by atoms with Gasteiger partial charge in [-0.15, -0.1) is 11.3 Å². The summed E-state index contributed by atoms with van der Waals surface area (Å²) < 4.78 is 0. The first-order chi connectivity index (χ1) is 8.43. The molecule has 5 nitrogen and oxygen atoms in total. The van der Waals surface area contributed by atoms with E-state index in [-0.39, 0.29) is 0 Å². The second kappa shape index (κ2) is 4.53. The highest BCUT2D eigenvalue weighted by atomic mass is 32.1. The van der Waals surface area contributed by atoms with Gasteiger partial charge in [0, 0.05) is 11.4 Å². The number of barbiturate groups is 1. The van der Waals surface area contributed by atoms with Crippen molar-refractivity contribution in [2.24, 2.45) is 5.41 Å². The lowest BCUT2D eigenvalue weighted by Gasteiger charge is -2.34. The molecule has 6 heteroatoms. The summed E-state index contributed by atoms with van der Waals surface area (Å²) in [4.78, 5) is 37.5. The monoisotopic (exact) mass is 266 g/mol. The van der Waals surface area contributed by atoms with Gasteiger partial charge in [-0.25, -0.2) is 4.79 Å². The number of imide groups is 2. The third-order valence-electron chi connectivity index (χ3n) is 2.97. The number of carbonyl (C=O) groups is 3. The number of amides is 4. The minimum atomic E-state index is -1.18. The molecule has 0 spiro atoms. The fourth-order valence-electron chi connectivity index (χ4n) is 1.73. The fourth-order valence-corrected chi connectivity index (χ4v) is 2.43. The van der Waals surface area contributed by atoms with Crippen molar-refractivity contribution in [1.82, 2.24) is 10.2 Å². The molecule has 0 bridgehead atoms. The molecule has 18 heavy (non-hydrogen) atoms. The summed E-state index contributed by atoms with van der Waals surface area (Å²) in [6.45, 7) is 3.34. The van der Waals surface area contributed by atoms with Crippen molar-refractivity contribution in [1.29, 1.82) is 0 Å². The van der Waals surface area contributed by atoms with Gasteiger partial charge in [-0.2, -0.15) is 0 Å². The first-order valence-corrected chi connectivity index (χ1v) is 6.50. The highest BCUT2D eigenvalue weighted by Crippen LogP contribution is 2.23. The zero-order chi connectivity index (χ0) is 13.3. The molecule has 1 aliphatic heterocycles. The third-order valence-corrected chi connectivity index (χ3v) is 3.91. The maximum Gasteiger partial charge on any atom is 0.330 e. The zero-order valence-electron chi connectivity index (χ0n) is 10.2. The van der Waals surface area contributed by atoms with Gasteiger partial charge in [0.1, 0.15) is 5.41 Å². The average Bonchev–Trinajstić information content (AvgIpc) is 2.80. The van der Waals surface area contributed by atoms with Gasteiger partial charge in [0.15, 0.2) is 0 Å². The van der Waals surface area contributed by atoms with Crippen LogP contribution in [0.15, 0.2) is 17.5 Å². The molecular weight excluding hydrogens is 252 g/mol. The number of nitrogens with one attached hydrogen (secondary N) is 1. The van der Waals surface area contributed by atoms with Crippen molar-refractivity contribution < 1.29 is 14.4 Å². The first-order valence-electron chi connectivity index (χ1n) is 5.62. The van der Waals surface area contributed by atoms with E-state index in [0.717, 1.165) is 9.78 Å². The molecule has 0 aromatic carbocycles. The Balaban J connectivity index is 2.09. The summed E-state index contributed by atoms with van der Waals surface area (Å²) in [6.07, 6.45) is 0.612. The topological polar surface area (TPSA) is 66.5 Å². The SMILES string of the molecule is CC1(C)C(=O)NC(=O)N(CCc2cccs2)C1=O. The number of hydrogen-bond donors (Lipinski definition) is 1. The van der Waals surface area contributed by atoms with Gasteiger partial charge in [-0.05, 0) is 31.7 Å². The van der Waals surface area contributed by atoms with Gasteiger partial charge in [0.05, 0.1) is 0 Å². The molecular formula is C12H14N2O3S. The molecule has 1 aliphatic rings. The van der Waals surface area contributed by atoms with Crippen LogP contribution < -0.4 is 5.32 Å². The van der Waals surface area contributed by atoms with Gasteiger partial charge in [-0.1, -0.05) is 6.07 Å². The summed E-state index contributed by atoms with van der Waals surface area (Å²) in [7, 11) is 0. The Hall–Kier alpha value is -1.69. The molecule has 96 valence electrons. The number of hydrogen-bond acceptors (Lipinski definition) is 4. The first kappa shape index (κ1) is 12.8. The van der Waals surface area contributed by atoms with E-state index < -0.39 is 23.3 Å². The van der Waals surface area contributed by atoms with Gasteiger partial charge in [0.25, 0.3) is 0 Å². The Bertz CT molecular complexity index is 493. The minimum Gasteiger partial charge on any atom is -0.277 e. The van der Waals surface area contributed by atoms with Crippen molar-refractivity contribution in [3.63, 3.8) is 0 Å². The van der Waals surface area contributed by atoms with Gasteiger partial charge < -0.3 is 0 Å². The molecule has 1 fully saturated rings. The largest absolute Gasteiger partial charge is 0.330 e. The highest BCUT2D eigenvalue weighted by molar-refractivity contribution is 7.09. The van der Waals surface area contributed by atoms with E-state index in [2.05, 4.69) is 5.32 Å². The number of urea groups is 1. The molecule has 2 heterocycles. The van der Waals surface area contributed by atoms with Crippen molar-refractivity contribution in [3.8, 4) is 0 Å². The Labute approximate surface area is 109 Å². The summed E-state index contributed by atoms with van der Waals surface area (Å²) in [5.41, 5.74) is -1.18. The van der Waals surface area contributed by atoms with Crippen molar-refractivity contribution in [2.75, 3.05) is 6.54 Å².